The summed E-state index contributed by atoms with van der Waals surface area (Å²) in [5.41, 5.74) is 4.53. The fourth-order valence-corrected chi connectivity index (χ4v) is 4.19. The first-order valence-corrected chi connectivity index (χ1v) is 12.5. The van der Waals surface area contributed by atoms with E-state index >= 15 is 0 Å². The van der Waals surface area contributed by atoms with Gasteiger partial charge < -0.3 is 15.4 Å². The first kappa shape index (κ1) is 23.4. The first-order valence-electron chi connectivity index (χ1n) is 12.1. The van der Waals surface area contributed by atoms with Crippen LogP contribution in [0.1, 0.15) is 58.8 Å². The van der Waals surface area contributed by atoms with Gasteiger partial charge in [-0.3, -0.25) is 9.59 Å². The number of halogens is 1. The maximum absolute atomic E-state index is 13.0. The molecular formula is C27H29ClN4O3. The molecule has 1 aromatic heterocycles. The lowest BCUT2D eigenvalue weighted by molar-refractivity contribution is -0.123. The summed E-state index contributed by atoms with van der Waals surface area (Å²) in [6, 6.07) is 13.8. The van der Waals surface area contributed by atoms with Gasteiger partial charge in [0.05, 0.1) is 23.1 Å². The summed E-state index contributed by atoms with van der Waals surface area (Å²) in [4.78, 5) is 24.7. The molecule has 0 atom stereocenters. The molecule has 0 unspecified atom stereocenters. The minimum atomic E-state index is -0.113. The highest BCUT2D eigenvalue weighted by Crippen LogP contribution is 2.42. The van der Waals surface area contributed by atoms with Gasteiger partial charge in [0.15, 0.2) is 6.61 Å². The highest BCUT2D eigenvalue weighted by atomic mass is 35.5. The maximum atomic E-state index is 13.0. The molecule has 182 valence electrons. The summed E-state index contributed by atoms with van der Waals surface area (Å²) in [5, 5.41) is 11.1. The molecule has 7 nitrogen and oxygen atoms in total. The van der Waals surface area contributed by atoms with Gasteiger partial charge in [0.25, 0.3) is 11.8 Å². The van der Waals surface area contributed by atoms with Crippen LogP contribution in [0.4, 0.5) is 0 Å². The van der Waals surface area contributed by atoms with E-state index in [4.69, 9.17) is 16.3 Å². The number of carbonyl (C=O) groups is 2. The topological polar surface area (TPSA) is 85.2 Å². The number of nitrogens with one attached hydrogen (secondary N) is 2. The van der Waals surface area contributed by atoms with Crippen LogP contribution < -0.4 is 15.4 Å². The zero-order valence-electron chi connectivity index (χ0n) is 19.7. The Morgan fingerprint density at radius 3 is 2.57 bits per heavy atom. The number of ether oxygens (including phenoxy) is 1. The summed E-state index contributed by atoms with van der Waals surface area (Å²) in [7, 11) is 0. The second-order valence-electron chi connectivity index (χ2n) is 9.34. The van der Waals surface area contributed by atoms with Crippen LogP contribution in [0.5, 0.6) is 5.75 Å². The lowest BCUT2D eigenvalue weighted by atomic mass is 10.1. The molecule has 2 aliphatic rings. The molecule has 0 radical (unpaired) electrons. The van der Waals surface area contributed by atoms with Crippen LogP contribution in [-0.4, -0.2) is 40.8 Å². The van der Waals surface area contributed by atoms with E-state index < -0.39 is 0 Å². The molecule has 5 rings (SSSR count). The average Bonchev–Trinajstić information content (AvgIpc) is 3.79. The third kappa shape index (κ3) is 5.85. The van der Waals surface area contributed by atoms with Crippen molar-refractivity contribution in [3.63, 3.8) is 0 Å². The Morgan fingerprint density at radius 1 is 1.11 bits per heavy atom. The molecule has 2 aliphatic carbocycles. The molecule has 0 bridgehead atoms. The molecule has 0 aliphatic heterocycles. The SMILES string of the molecule is Cc1ccc(-n2ncc(C(=O)NCCc3ccc(OCC(=O)NC4CC4)cc3)c2C2CC2)cc1Cl. The Kier molecular flexibility index (Phi) is 6.77. The molecule has 2 amide bonds. The van der Waals surface area contributed by atoms with Gasteiger partial charge in [0.2, 0.25) is 0 Å². The number of aryl methyl sites for hydroxylation is 1. The number of amides is 2. The Balaban J connectivity index is 1.16. The molecule has 0 spiro atoms. The molecule has 8 heteroatoms. The van der Waals surface area contributed by atoms with E-state index in [9.17, 15) is 9.59 Å². The van der Waals surface area contributed by atoms with Crippen molar-refractivity contribution in [2.45, 2.75) is 51.0 Å². The molecule has 2 saturated carbocycles. The number of rotatable bonds is 10. The van der Waals surface area contributed by atoms with Crippen molar-refractivity contribution >= 4 is 23.4 Å². The summed E-state index contributed by atoms with van der Waals surface area (Å²) in [6.45, 7) is 2.50. The smallest absolute Gasteiger partial charge is 0.258 e. The molecular weight excluding hydrogens is 464 g/mol. The van der Waals surface area contributed by atoms with Crippen LogP contribution in [0, 0.1) is 6.92 Å². The Labute approximate surface area is 209 Å². The monoisotopic (exact) mass is 492 g/mol. The van der Waals surface area contributed by atoms with E-state index in [0.717, 1.165) is 48.2 Å². The Bertz CT molecular complexity index is 1230. The number of hydrogen-bond donors (Lipinski definition) is 2. The molecule has 35 heavy (non-hydrogen) atoms. The van der Waals surface area contributed by atoms with Gasteiger partial charge in [0, 0.05) is 23.5 Å². The predicted molar refractivity (Wildman–Crippen MR) is 134 cm³/mol. The Hall–Kier alpha value is -3.32. The molecule has 0 saturated heterocycles. The van der Waals surface area contributed by atoms with E-state index in [1.807, 2.05) is 54.1 Å². The summed E-state index contributed by atoms with van der Waals surface area (Å²) in [6.07, 6.45) is 6.58. The zero-order chi connectivity index (χ0) is 24.4. The maximum Gasteiger partial charge on any atom is 0.258 e. The fraction of sp³-hybridized carbons (Fsp3) is 0.370. The van der Waals surface area contributed by atoms with Crippen molar-refractivity contribution in [3.8, 4) is 11.4 Å². The van der Waals surface area contributed by atoms with E-state index in [0.29, 0.717) is 41.3 Å². The highest BCUT2D eigenvalue weighted by molar-refractivity contribution is 6.31. The van der Waals surface area contributed by atoms with Gasteiger partial charge >= 0.3 is 0 Å². The van der Waals surface area contributed by atoms with Crippen LogP contribution in [0.3, 0.4) is 0 Å². The summed E-state index contributed by atoms with van der Waals surface area (Å²) in [5.74, 6) is 0.801. The Morgan fingerprint density at radius 2 is 1.89 bits per heavy atom. The normalized spacial score (nSPS) is 15.0. The standard InChI is InChI=1S/C27H29ClN4O3/c1-17-2-9-21(14-24(17)28)32-26(19-5-6-19)23(15-30-32)27(34)29-13-12-18-3-10-22(11-4-18)35-16-25(33)31-20-7-8-20/h2-4,9-11,14-15,19-20H,5-8,12-13,16H2,1H3,(H,29,34)(H,31,33). The third-order valence-corrected chi connectivity index (χ3v) is 6.76. The minimum absolute atomic E-state index is 0.0255. The second kappa shape index (κ2) is 10.1. The van der Waals surface area contributed by atoms with Crippen LogP contribution in [0.15, 0.2) is 48.7 Å². The van der Waals surface area contributed by atoms with Crippen molar-refractivity contribution in [2.75, 3.05) is 13.2 Å². The van der Waals surface area contributed by atoms with Gasteiger partial charge in [0.1, 0.15) is 5.75 Å². The van der Waals surface area contributed by atoms with E-state index in [2.05, 4.69) is 15.7 Å². The van der Waals surface area contributed by atoms with Crippen LogP contribution >= 0.6 is 11.6 Å². The molecule has 1 heterocycles. The van der Waals surface area contributed by atoms with E-state index in [1.54, 1.807) is 6.20 Å². The largest absolute Gasteiger partial charge is 0.484 e. The molecule has 2 fully saturated rings. The number of nitrogens with zero attached hydrogens (tertiary/aromatic N) is 2. The van der Waals surface area contributed by atoms with Gasteiger partial charge in [-0.25, -0.2) is 4.68 Å². The van der Waals surface area contributed by atoms with Gasteiger partial charge in [-0.2, -0.15) is 5.10 Å². The quantitative estimate of drug-likeness (QED) is 0.441. The van der Waals surface area contributed by atoms with Crippen LogP contribution in [0.25, 0.3) is 5.69 Å². The predicted octanol–water partition coefficient (Wildman–Crippen LogP) is 4.34. The number of carbonyl (C=O) groups excluding carboxylic acids is 2. The van der Waals surface area contributed by atoms with Gasteiger partial charge in [-0.1, -0.05) is 29.8 Å². The molecule has 2 aromatic carbocycles. The zero-order valence-corrected chi connectivity index (χ0v) is 20.5. The van der Waals surface area contributed by atoms with E-state index in [-0.39, 0.29) is 18.4 Å². The molecule has 2 N–H and O–H groups in total. The van der Waals surface area contributed by atoms with Crippen molar-refractivity contribution in [3.05, 3.63) is 76.1 Å². The van der Waals surface area contributed by atoms with E-state index in [1.165, 1.54) is 0 Å². The van der Waals surface area contributed by atoms with Crippen molar-refractivity contribution in [1.29, 1.82) is 0 Å². The second-order valence-corrected chi connectivity index (χ2v) is 9.75. The van der Waals surface area contributed by atoms with Gasteiger partial charge in [-0.15, -0.1) is 0 Å². The summed E-state index contributed by atoms with van der Waals surface area (Å²) < 4.78 is 7.40. The minimum Gasteiger partial charge on any atom is -0.484 e. The van der Waals surface area contributed by atoms with Crippen molar-refractivity contribution in [1.82, 2.24) is 20.4 Å². The van der Waals surface area contributed by atoms with Gasteiger partial charge in [-0.05, 0) is 74.4 Å². The highest BCUT2D eigenvalue weighted by Gasteiger charge is 2.33. The van der Waals surface area contributed by atoms with Crippen molar-refractivity contribution < 1.29 is 14.3 Å². The lowest BCUT2D eigenvalue weighted by Crippen LogP contribution is -2.30. The first-order chi connectivity index (χ1) is 17.0. The fourth-order valence-electron chi connectivity index (χ4n) is 4.02. The van der Waals surface area contributed by atoms with Crippen LogP contribution in [0.2, 0.25) is 5.02 Å². The lowest BCUT2D eigenvalue weighted by Gasteiger charge is -2.11. The summed E-state index contributed by atoms with van der Waals surface area (Å²) >= 11 is 6.32. The third-order valence-electron chi connectivity index (χ3n) is 6.35. The average molecular weight is 493 g/mol. The number of aromatic nitrogens is 2. The number of benzene rings is 2. The van der Waals surface area contributed by atoms with Crippen molar-refractivity contribution in [2.24, 2.45) is 0 Å². The van der Waals surface area contributed by atoms with Crippen LogP contribution in [-0.2, 0) is 11.2 Å². The number of hydrogen-bond acceptors (Lipinski definition) is 4. The molecule has 3 aromatic rings.